The third-order valence-corrected chi connectivity index (χ3v) is 2.88. The molecule has 0 aromatic heterocycles. The first-order valence-corrected chi connectivity index (χ1v) is 6.37. The molecule has 102 valence electrons. The summed E-state index contributed by atoms with van der Waals surface area (Å²) in [6.07, 6.45) is 2.30. The Hall–Kier alpha value is -2.55. The summed E-state index contributed by atoms with van der Waals surface area (Å²) < 4.78 is 5.69. The molecule has 0 aliphatic heterocycles. The van der Waals surface area contributed by atoms with Crippen LogP contribution >= 0.6 is 0 Å². The lowest BCUT2D eigenvalue weighted by molar-refractivity contribution is -0.132. The molecule has 0 unspecified atom stereocenters. The van der Waals surface area contributed by atoms with Crippen LogP contribution in [0.25, 0.3) is 0 Å². The van der Waals surface area contributed by atoms with Crippen molar-refractivity contribution in [3.8, 4) is 11.5 Å². The summed E-state index contributed by atoms with van der Waals surface area (Å²) in [6.45, 7) is 1.59. The highest BCUT2D eigenvalue weighted by molar-refractivity contribution is 5.85. The molecule has 2 rings (SSSR count). The van der Waals surface area contributed by atoms with E-state index in [2.05, 4.69) is 0 Å². The average Bonchev–Trinajstić information content (AvgIpc) is 2.47. The number of carboxylic acids is 1. The lowest BCUT2D eigenvalue weighted by Crippen LogP contribution is -1.96. The molecule has 0 saturated heterocycles. The van der Waals surface area contributed by atoms with Crippen LogP contribution in [-0.2, 0) is 11.2 Å². The number of rotatable bonds is 5. The summed E-state index contributed by atoms with van der Waals surface area (Å²) in [5, 5.41) is 8.78. The number of benzene rings is 2. The van der Waals surface area contributed by atoms with Gasteiger partial charge in [0, 0.05) is 5.57 Å². The molecule has 0 atom stereocenters. The third-order valence-electron chi connectivity index (χ3n) is 2.88. The van der Waals surface area contributed by atoms with Crippen LogP contribution in [0.1, 0.15) is 12.5 Å². The number of hydrogen-bond donors (Lipinski definition) is 1. The van der Waals surface area contributed by atoms with Crippen LogP contribution in [0.3, 0.4) is 0 Å². The van der Waals surface area contributed by atoms with Gasteiger partial charge >= 0.3 is 5.97 Å². The predicted octanol–water partition coefficient (Wildman–Crippen LogP) is 4.05. The van der Waals surface area contributed by atoms with Crippen molar-refractivity contribution in [3.05, 3.63) is 71.8 Å². The number of ether oxygens (including phenoxy) is 1. The maximum atomic E-state index is 10.7. The Kier molecular flexibility index (Phi) is 4.56. The van der Waals surface area contributed by atoms with E-state index in [-0.39, 0.29) is 0 Å². The van der Waals surface area contributed by atoms with E-state index in [4.69, 9.17) is 9.84 Å². The zero-order valence-corrected chi connectivity index (χ0v) is 11.2. The fourth-order valence-electron chi connectivity index (χ4n) is 1.68. The van der Waals surface area contributed by atoms with Gasteiger partial charge in [0.05, 0.1) is 0 Å². The van der Waals surface area contributed by atoms with E-state index >= 15 is 0 Å². The lowest BCUT2D eigenvalue weighted by Gasteiger charge is -2.06. The van der Waals surface area contributed by atoms with Crippen molar-refractivity contribution in [1.82, 2.24) is 0 Å². The van der Waals surface area contributed by atoms with Crippen LogP contribution in [0, 0.1) is 0 Å². The van der Waals surface area contributed by atoms with E-state index in [1.807, 2.05) is 54.6 Å². The van der Waals surface area contributed by atoms with Gasteiger partial charge in [-0.25, -0.2) is 4.79 Å². The van der Waals surface area contributed by atoms with Crippen LogP contribution < -0.4 is 4.74 Å². The van der Waals surface area contributed by atoms with Crippen molar-refractivity contribution in [1.29, 1.82) is 0 Å². The van der Waals surface area contributed by atoms with Crippen LogP contribution in [0.2, 0.25) is 0 Å². The van der Waals surface area contributed by atoms with Crippen molar-refractivity contribution in [2.45, 2.75) is 13.3 Å². The van der Waals surface area contributed by atoms with Gasteiger partial charge in [0.1, 0.15) is 11.5 Å². The molecule has 0 spiro atoms. The second-order valence-electron chi connectivity index (χ2n) is 4.46. The zero-order valence-electron chi connectivity index (χ0n) is 11.2. The van der Waals surface area contributed by atoms with Crippen LogP contribution in [0.15, 0.2) is 66.2 Å². The maximum absolute atomic E-state index is 10.7. The SMILES string of the molecule is CC(=CCc1ccc(Oc2ccccc2)cc1)C(=O)O. The zero-order chi connectivity index (χ0) is 14.4. The molecule has 20 heavy (non-hydrogen) atoms. The van der Waals surface area contributed by atoms with Gasteiger partial charge in [-0.1, -0.05) is 36.4 Å². The molecule has 0 aliphatic rings. The second-order valence-corrected chi connectivity index (χ2v) is 4.46. The number of allylic oxidation sites excluding steroid dienone is 1. The van der Waals surface area contributed by atoms with Crippen molar-refractivity contribution >= 4 is 5.97 Å². The number of hydrogen-bond acceptors (Lipinski definition) is 2. The minimum Gasteiger partial charge on any atom is -0.478 e. The van der Waals surface area contributed by atoms with Crippen molar-refractivity contribution < 1.29 is 14.6 Å². The minimum atomic E-state index is -0.881. The van der Waals surface area contributed by atoms with Crippen LogP contribution in [0.5, 0.6) is 11.5 Å². The molecule has 0 heterocycles. The van der Waals surface area contributed by atoms with E-state index in [0.717, 1.165) is 17.1 Å². The summed E-state index contributed by atoms with van der Waals surface area (Å²) in [5.74, 6) is 0.676. The van der Waals surface area contributed by atoms with Gasteiger partial charge in [-0.05, 0) is 43.2 Å². The van der Waals surface area contributed by atoms with Crippen molar-refractivity contribution in [2.24, 2.45) is 0 Å². The highest BCUT2D eigenvalue weighted by atomic mass is 16.5. The molecular weight excluding hydrogens is 252 g/mol. The number of aliphatic carboxylic acids is 1. The molecule has 0 amide bonds. The molecule has 3 heteroatoms. The topological polar surface area (TPSA) is 46.5 Å². The normalized spacial score (nSPS) is 11.2. The first kappa shape index (κ1) is 13.9. The molecule has 2 aromatic carbocycles. The Morgan fingerprint density at radius 1 is 1.05 bits per heavy atom. The van der Waals surface area contributed by atoms with Crippen LogP contribution in [-0.4, -0.2) is 11.1 Å². The Balaban J connectivity index is 2.00. The van der Waals surface area contributed by atoms with E-state index in [1.54, 1.807) is 13.0 Å². The fraction of sp³-hybridized carbons (Fsp3) is 0.118. The molecule has 2 aromatic rings. The van der Waals surface area contributed by atoms with E-state index in [9.17, 15) is 4.79 Å². The third kappa shape index (κ3) is 3.99. The molecule has 0 bridgehead atoms. The first-order valence-electron chi connectivity index (χ1n) is 6.37. The lowest BCUT2D eigenvalue weighted by atomic mass is 10.1. The molecule has 0 fully saturated rings. The summed E-state index contributed by atoms with van der Waals surface area (Å²) in [4.78, 5) is 10.7. The smallest absolute Gasteiger partial charge is 0.330 e. The van der Waals surface area contributed by atoms with E-state index in [1.165, 1.54) is 0 Å². The fourth-order valence-corrected chi connectivity index (χ4v) is 1.68. The molecular formula is C17H16O3. The Labute approximate surface area is 118 Å². The van der Waals surface area contributed by atoms with Gasteiger partial charge < -0.3 is 9.84 Å². The summed E-state index contributed by atoms with van der Waals surface area (Å²) in [6, 6.07) is 17.2. The average molecular weight is 268 g/mol. The molecule has 3 nitrogen and oxygen atoms in total. The molecule has 0 saturated carbocycles. The standard InChI is InChI=1S/C17H16O3/c1-13(17(18)19)7-8-14-9-11-16(12-10-14)20-15-5-3-2-4-6-15/h2-7,9-12H,8H2,1H3,(H,18,19). The van der Waals surface area contributed by atoms with Crippen LogP contribution in [0.4, 0.5) is 0 Å². The number of carbonyl (C=O) groups is 1. The Bertz CT molecular complexity index is 598. The second kappa shape index (κ2) is 6.57. The maximum Gasteiger partial charge on any atom is 0.330 e. The number of para-hydroxylation sites is 1. The highest BCUT2D eigenvalue weighted by Crippen LogP contribution is 2.21. The Morgan fingerprint density at radius 2 is 1.65 bits per heavy atom. The van der Waals surface area contributed by atoms with Gasteiger partial charge in [0.25, 0.3) is 0 Å². The van der Waals surface area contributed by atoms with E-state index in [0.29, 0.717) is 12.0 Å². The van der Waals surface area contributed by atoms with Gasteiger partial charge in [-0.3, -0.25) is 0 Å². The monoisotopic (exact) mass is 268 g/mol. The largest absolute Gasteiger partial charge is 0.478 e. The Morgan fingerprint density at radius 3 is 2.25 bits per heavy atom. The summed E-state index contributed by atoms with van der Waals surface area (Å²) in [7, 11) is 0. The van der Waals surface area contributed by atoms with Crippen molar-refractivity contribution in [3.63, 3.8) is 0 Å². The molecule has 1 N–H and O–H groups in total. The predicted molar refractivity (Wildman–Crippen MR) is 78.1 cm³/mol. The first-order chi connectivity index (χ1) is 9.65. The molecule has 0 aliphatic carbocycles. The van der Waals surface area contributed by atoms with Gasteiger partial charge in [0.15, 0.2) is 0 Å². The van der Waals surface area contributed by atoms with Gasteiger partial charge in [-0.15, -0.1) is 0 Å². The minimum absolute atomic E-state index is 0.356. The highest BCUT2D eigenvalue weighted by Gasteiger charge is 2.00. The van der Waals surface area contributed by atoms with E-state index < -0.39 is 5.97 Å². The summed E-state index contributed by atoms with van der Waals surface area (Å²) >= 11 is 0. The van der Waals surface area contributed by atoms with Gasteiger partial charge in [0.2, 0.25) is 0 Å². The summed E-state index contributed by atoms with van der Waals surface area (Å²) in [5.41, 5.74) is 1.40. The number of carboxylic acid groups (broad SMARTS) is 1. The van der Waals surface area contributed by atoms with Crippen molar-refractivity contribution in [2.75, 3.05) is 0 Å². The quantitative estimate of drug-likeness (QED) is 0.832. The molecule has 0 radical (unpaired) electrons. The van der Waals surface area contributed by atoms with Gasteiger partial charge in [-0.2, -0.15) is 0 Å².